The highest BCUT2D eigenvalue weighted by molar-refractivity contribution is 8.00. The molecule has 0 aliphatic carbocycles. The van der Waals surface area contributed by atoms with Crippen LogP contribution in [-0.4, -0.2) is 16.1 Å². The molecule has 0 saturated heterocycles. The molecule has 1 amide bonds. The second-order valence-electron chi connectivity index (χ2n) is 6.15. The number of hydrogen-bond donors (Lipinski definition) is 1. The van der Waals surface area contributed by atoms with Crippen molar-refractivity contribution in [2.24, 2.45) is 0 Å². The second-order valence-corrected chi connectivity index (χ2v) is 8.35. The van der Waals surface area contributed by atoms with E-state index in [2.05, 4.69) is 45.8 Å². The van der Waals surface area contributed by atoms with Gasteiger partial charge in [-0.25, -0.2) is 4.39 Å². The minimum atomic E-state index is -0.318. The first-order chi connectivity index (χ1) is 13.7. The lowest BCUT2D eigenvalue weighted by Gasteiger charge is -2.04. The van der Waals surface area contributed by atoms with Crippen molar-refractivity contribution in [3.05, 3.63) is 83.7 Å². The van der Waals surface area contributed by atoms with Gasteiger partial charge in [-0.2, -0.15) is 0 Å². The Morgan fingerprint density at radius 3 is 2.64 bits per heavy atom. The molecular formula is C21H16FN3OS2. The van der Waals surface area contributed by atoms with Gasteiger partial charge in [-0.05, 0) is 34.0 Å². The number of halogens is 1. The first-order valence-electron chi connectivity index (χ1n) is 8.64. The molecule has 28 heavy (non-hydrogen) atoms. The number of hydrogen-bond acceptors (Lipinski definition) is 5. The number of rotatable bonds is 6. The molecule has 0 radical (unpaired) electrons. The number of amides is 1. The SMILES string of the molecule is O=C(Cc1ccc(F)cc1)Nc1nnc(SCc2cccc3ccccc23)s1. The lowest BCUT2D eigenvalue weighted by molar-refractivity contribution is -0.115. The quantitative estimate of drug-likeness (QED) is 0.347. The first kappa shape index (κ1) is 18.6. The lowest BCUT2D eigenvalue weighted by Crippen LogP contribution is -2.14. The Balaban J connectivity index is 1.36. The third-order valence-electron chi connectivity index (χ3n) is 4.16. The Morgan fingerprint density at radius 1 is 1.00 bits per heavy atom. The maximum atomic E-state index is 12.9. The van der Waals surface area contributed by atoms with Crippen LogP contribution in [0.5, 0.6) is 0 Å². The average molecular weight is 410 g/mol. The van der Waals surface area contributed by atoms with E-state index < -0.39 is 0 Å². The van der Waals surface area contributed by atoms with Crippen molar-refractivity contribution < 1.29 is 9.18 Å². The number of fused-ring (bicyclic) bond motifs is 1. The van der Waals surface area contributed by atoms with Gasteiger partial charge in [0.1, 0.15) is 5.82 Å². The Kier molecular flexibility index (Phi) is 5.64. The van der Waals surface area contributed by atoms with Crippen molar-refractivity contribution in [2.75, 3.05) is 5.32 Å². The molecule has 3 aromatic carbocycles. The van der Waals surface area contributed by atoms with Crippen molar-refractivity contribution in [1.29, 1.82) is 0 Å². The Morgan fingerprint density at radius 2 is 1.79 bits per heavy atom. The van der Waals surface area contributed by atoms with E-state index in [0.717, 1.165) is 15.7 Å². The van der Waals surface area contributed by atoms with E-state index in [0.29, 0.717) is 5.13 Å². The van der Waals surface area contributed by atoms with Gasteiger partial charge in [-0.1, -0.05) is 77.7 Å². The van der Waals surface area contributed by atoms with Gasteiger partial charge in [-0.15, -0.1) is 10.2 Å². The average Bonchev–Trinajstić information content (AvgIpc) is 3.15. The van der Waals surface area contributed by atoms with Gasteiger partial charge in [0.05, 0.1) is 6.42 Å². The summed E-state index contributed by atoms with van der Waals surface area (Å²) in [5.74, 6) is 0.258. The summed E-state index contributed by atoms with van der Waals surface area (Å²) in [7, 11) is 0. The number of thioether (sulfide) groups is 1. The van der Waals surface area contributed by atoms with Gasteiger partial charge in [0.2, 0.25) is 11.0 Å². The molecule has 0 fully saturated rings. The number of carbonyl (C=O) groups is 1. The maximum Gasteiger partial charge on any atom is 0.230 e. The summed E-state index contributed by atoms with van der Waals surface area (Å²) in [6, 6.07) is 20.4. The number of nitrogens with zero attached hydrogens (tertiary/aromatic N) is 2. The van der Waals surface area contributed by atoms with Crippen LogP contribution < -0.4 is 5.32 Å². The molecule has 0 aliphatic heterocycles. The molecular weight excluding hydrogens is 393 g/mol. The number of carbonyl (C=O) groups excluding carboxylic acids is 1. The zero-order valence-corrected chi connectivity index (χ0v) is 16.4. The fraction of sp³-hybridized carbons (Fsp3) is 0.0952. The minimum absolute atomic E-state index is 0.165. The molecule has 0 atom stereocenters. The highest BCUT2D eigenvalue weighted by atomic mass is 32.2. The van der Waals surface area contributed by atoms with Crippen LogP contribution in [0.4, 0.5) is 9.52 Å². The molecule has 0 unspecified atom stereocenters. The third kappa shape index (κ3) is 4.55. The molecule has 1 N–H and O–H groups in total. The van der Waals surface area contributed by atoms with Gasteiger partial charge in [0.15, 0.2) is 4.34 Å². The summed E-state index contributed by atoms with van der Waals surface area (Å²) in [5.41, 5.74) is 1.98. The van der Waals surface area contributed by atoms with Gasteiger partial charge in [-0.3, -0.25) is 4.79 Å². The van der Waals surface area contributed by atoms with Crippen LogP contribution in [0, 0.1) is 5.82 Å². The summed E-state index contributed by atoms with van der Waals surface area (Å²) in [4.78, 5) is 12.1. The van der Waals surface area contributed by atoms with Crippen LogP contribution in [0.1, 0.15) is 11.1 Å². The number of anilines is 1. The van der Waals surface area contributed by atoms with Gasteiger partial charge in [0, 0.05) is 5.75 Å². The molecule has 0 spiro atoms. The molecule has 0 saturated carbocycles. The topological polar surface area (TPSA) is 54.9 Å². The molecule has 0 bridgehead atoms. The molecule has 0 aliphatic rings. The number of nitrogens with one attached hydrogen (secondary N) is 1. The van der Waals surface area contributed by atoms with Crippen LogP contribution in [0.25, 0.3) is 10.8 Å². The maximum absolute atomic E-state index is 12.9. The molecule has 7 heteroatoms. The lowest BCUT2D eigenvalue weighted by atomic mass is 10.1. The summed E-state index contributed by atoms with van der Waals surface area (Å²) in [5, 5.41) is 13.9. The summed E-state index contributed by atoms with van der Waals surface area (Å²) in [6.07, 6.45) is 0.165. The first-order valence-corrected chi connectivity index (χ1v) is 10.4. The summed E-state index contributed by atoms with van der Waals surface area (Å²) >= 11 is 2.94. The standard InChI is InChI=1S/C21H16FN3OS2/c22-17-10-8-14(9-11-17)12-19(26)23-20-24-25-21(28-20)27-13-16-6-3-5-15-4-1-2-7-18(15)16/h1-11H,12-13H2,(H,23,24,26). The molecule has 4 rings (SSSR count). The highest BCUT2D eigenvalue weighted by Gasteiger charge is 2.10. The Hall–Kier alpha value is -2.77. The van der Waals surface area contributed by atoms with E-state index in [-0.39, 0.29) is 18.1 Å². The van der Waals surface area contributed by atoms with Crippen LogP contribution >= 0.6 is 23.1 Å². The zero-order valence-electron chi connectivity index (χ0n) is 14.8. The predicted molar refractivity (Wildman–Crippen MR) is 112 cm³/mol. The Bertz CT molecular complexity index is 1110. The minimum Gasteiger partial charge on any atom is -0.300 e. The van der Waals surface area contributed by atoms with Crippen molar-refractivity contribution in [3.63, 3.8) is 0 Å². The van der Waals surface area contributed by atoms with Crippen molar-refractivity contribution in [1.82, 2.24) is 10.2 Å². The van der Waals surface area contributed by atoms with Crippen molar-refractivity contribution in [3.8, 4) is 0 Å². The largest absolute Gasteiger partial charge is 0.300 e. The van der Waals surface area contributed by atoms with E-state index in [1.165, 1.54) is 39.8 Å². The van der Waals surface area contributed by atoms with E-state index >= 15 is 0 Å². The Labute approximate surface area is 169 Å². The smallest absolute Gasteiger partial charge is 0.230 e. The zero-order chi connectivity index (χ0) is 19.3. The monoisotopic (exact) mass is 409 g/mol. The van der Waals surface area contributed by atoms with Crippen LogP contribution in [0.15, 0.2) is 71.1 Å². The van der Waals surface area contributed by atoms with Crippen LogP contribution in [-0.2, 0) is 17.0 Å². The molecule has 140 valence electrons. The molecule has 4 nitrogen and oxygen atoms in total. The predicted octanol–water partition coefficient (Wildman–Crippen LogP) is 5.30. The van der Waals surface area contributed by atoms with Gasteiger partial charge >= 0.3 is 0 Å². The van der Waals surface area contributed by atoms with E-state index in [9.17, 15) is 9.18 Å². The second kappa shape index (κ2) is 8.50. The highest BCUT2D eigenvalue weighted by Crippen LogP contribution is 2.30. The fourth-order valence-electron chi connectivity index (χ4n) is 2.83. The third-order valence-corrected chi connectivity index (χ3v) is 6.18. The van der Waals surface area contributed by atoms with E-state index in [4.69, 9.17) is 0 Å². The summed E-state index contributed by atoms with van der Waals surface area (Å²) < 4.78 is 13.7. The molecule has 1 heterocycles. The van der Waals surface area contributed by atoms with Crippen molar-refractivity contribution >= 4 is 44.9 Å². The number of aromatic nitrogens is 2. The molecule has 1 aromatic heterocycles. The van der Waals surface area contributed by atoms with E-state index in [1.54, 1.807) is 23.9 Å². The van der Waals surface area contributed by atoms with Gasteiger partial charge < -0.3 is 5.32 Å². The number of benzene rings is 3. The fourth-order valence-corrected chi connectivity index (χ4v) is 4.60. The van der Waals surface area contributed by atoms with Gasteiger partial charge in [0.25, 0.3) is 0 Å². The summed E-state index contributed by atoms with van der Waals surface area (Å²) in [6.45, 7) is 0. The van der Waals surface area contributed by atoms with E-state index in [1.807, 2.05) is 12.1 Å². The normalized spacial score (nSPS) is 10.9. The van der Waals surface area contributed by atoms with Crippen molar-refractivity contribution in [2.45, 2.75) is 16.5 Å². The van der Waals surface area contributed by atoms with Crippen LogP contribution in [0.2, 0.25) is 0 Å². The molecule has 4 aromatic rings. The van der Waals surface area contributed by atoms with Crippen LogP contribution in [0.3, 0.4) is 0 Å².